The monoisotopic (exact) mass is 442 g/mol. The van der Waals surface area contributed by atoms with Crippen LogP contribution in [0.1, 0.15) is 30.0 Å². The van der Waals surface area contributed by atoms with Crippen molar-refractivity contribution in [1.82, 2.24) is 4.90 Å². The van der Waals surface area contributed by atoms with Crippen molar-refractivity contribution in [2.24, 2.45) is 4.99 Å². The smallest absolute Gasteiger partial charge is 0.342 e. The summed E-state index contributed by atoms with van der Waals surface area (Å²) in [7, 11) is 1.69. The van der Waals surface area contributed by atoms with Crippen LogP contribution in [0.3, 0.4) is 0 Å². The third-order valence-corrected chi connectivity index (χ3v) is 5.65. The van der Waals surface area contributed by atoms with Crippen LogP contribution in [-0.4, -0.2) is 36.3 Å². The van der Waals surface area contributed by atoms with E-state index in [1.54, 1.807) is 36.2 Å². The summed E-state index contributed by atoms with van der Waals surface area (Å²) in [6.07, 6.45) is -4.81. The summed E-state index contributed by atoms with van der Waals surface area (Å²) in [4.78, 5) is 17.1. The van der Waals surface area contributed by atoms with Crippen LogP contribution in [0.15, 0.2) is 47.5 Å². The van der Waals surface area contributed by atoms with Gasteiger partial charge in [-0.3, -0.25) is 9.79 Å². The van der Waals surface area contributed by atoms with Gasteiger partial charge in [-0.15, -0.1) is 0 Å². The number of rotatable bonds is 4. The summed E-state index contributed by atoms with van der Waals surface area (Å²) >= 11 is 11.9. The first-order valence-electron chi connectivity index (χ1n) is 8.89. The number of benzene rings is 2. The van der Waals surface area contributed by atoms with Gasteiger partial charge in [-0.1, -0.05) is 47.5 Å². The highest BCUT2D eigenvalue weighted by molar-refractivity contribution is 6.34. The molecule has 1 aliphatic heterocycles. The Kier molecular flexibility index (Phi) is 5.97. The Hall–Kier alpha value is -2.05. The molecular formula is C21H19Cl2F3N2O. The van der Waals surface area contributed by atoms with Crippen molar-refractivity contribution in [2.75, 3.05) is 13.6 Å². The molecule has 0 saturated carbocycles. The summed E-state index contributed by atoms with van der Waals surface area (Å²) < 4.78 is 42.4. The molecule has 0 N–H and O–H groups in total. The van der Waals surface area contributed by atoms with E-state index < -0.39 is 18.1 Å². The topological polar surface area (TPSA) is 32.7 Å². The second kappa shape index (κ2) is 8.00. The largest absolute Gasteiger partial charge is 0.400 e. The van der Waals surface area contributed by atoms with Crippen LogP contribution in [0.25, 0.3) is 0 Å². The Bertz CT molecular complexity index is 937. The number of alkyl halides is 3. The molecule has 3 rings (SSSR count). The Labute approximate surface area is 177 Å². The van der Waals surface area contributed by atoms with Gasteiger partial charge in [0.2, 0.25) is 5.91 Å². The highest BCUT2D eigenvalue weighted by atomic mass is 35.5. The first-order valence-corrected chi connectivity index (χ1v) is 9.65. The SMILES string of the molecule is CC(=O)N(C)Cc1ccc(C2=NCC(c3cc(Cl)cc(Cl)c3)(C(F)(F)F)C2)cc1. The molecular weight excluding hydrogens is 424 g/mol. The van der Waals surface area contributed by atoms with Crippen molar-refractivity contribution >= 4 is 34.8 Å². The fourth-order valence-electron chi connectivity index (χ4n) is 3.39. The van der Waals surface area contributed by atoms with Gasteiger partial charge in [0.1, 0.15) is 5.41 Å². The van der Waals surface area contributed by atoms with Gasteiger partial charge in [-0.25, -0.2) is 0 Å². The second-order valence-electron chi connectivity index (χ2n) is 7.25. The minimum Gasteiger partial charge on any atom is -0.342 e. The van der Waals surface area contributed by atoms with Crippen LogP contribution in [0.5, 0.6) is 0 Å². The van der Waals surface area contributed by atoms with Gasteiger partial charge in [0.15, 0.2) is 0 Å². The van der Waals surface area contributed by atoms with E-state index in [9.17, 15) is 18.0 Å². The molecule has 2 aromatic carbocycles. The predicted molar refractivity (Wildman–Crippen MR) is 109 cm³/mol. The van der Waals surface area contributed by atoms with Gasteiger partial charge >= 0.3 is 6.18 Å². The second-order valence-corrected chi connectivity index (χ2v) is 8.12. The molecule has 0 aromatic heterocycles. The molecule has 29 heavy (non-hydrogen) atoms. The molecule has 0 bridgehead atoms. The van der Waals surface area contributed by atoms with Gasteiger partial charge in [0.05, 0.1) is 6.54 Å². The van der Waals surface area contributed by atoms with Crippen molar-refractivity contribution in [3.05, 3.63) is 69.2 Å². The number of amides is 1. The number of carbonyl (C=O) groups is 1. The molecule has 1 heterocycles. The Balaban J connectivity index is 1.88. The van der Waals surface area contributed by atoms with E-state index in [1.807, 2.05) is 0 Å². The maximum absolute atomic E-state index is 14.1. The molecule has 1 aliphatic rings. The maximum Gasteiger partial charge on any atom is 0.400 e. The van der Waals surface area contributed by atoms with E-state index in [0.29, 0.717) is 17.8 Å². The number of hydrogen-bond acceptors (Lipinski definition) is 2. The molecule has 0 fully saturated rings. The maximum atomic E-state index is 14.1. The fourth-order valence-corrected chi connectivity index (χ4v) is 3.91. The number of aliphatic imine (C=N–C) groups is 1. The van der Waals surface area contributed by atoms with Crippen LogP contribution in [-0.2, 0) is 16.8 Å². The lowest BCUT2D eigenvalue weighted by molar-refractivity contribution is -0.183. The molecule has 2 aromatic rings. The summed E-state index contributed by atoms with van der Waals surface area (Å²) in [6, 6.07) is 11.1. The molecule has 0 saturated heterocycles. The quantitative estimate of drug-likeness (QED) is 0.600. The van der Waals surface area contributed by atoms with Gasteiger partial charge in [0, 0.05) is 42.7 Å². The van der Waals surface area contributed by atoms with Crippen molar-refractivity contribution < 1.29 is 18.0 Å². The molecule has 1 amide bonds. The van der Waals surface area contributed by atoms with Gasteiger partial charge in [-0.2, -0.15) is 13.2 Å². The average molecular weight is 443 g/mol. The van der Waals surface area contributed by atoms with E-state index in [0.717, 1.165) is 5.56 Å². The van der Waals surface area contributed by atoms with Crippen LogP contribution in [0.2, 0.25) is 10.0 Å². The molecule has 0 spiro atoms. The van der Waals surface area contributed by atoms with E-state index in [-0.39, 0.29) is 27.9 Å². The van der Waals surface area contributed by atoms with Crippen LogP contribution in [0.4, 0.5) is 13.2 Å². The van der Waals surface area contributed by atoms with Crippen molar-refractivity contribution in [2.45, 2.75) is 31.5 Å². The lowest BCUT2D eigenvalue weighted by atomic mass is 9.76. The third-order valence-electron chi connectivity index (χ3n) is 5.21. The Morgan fingerprint density at radius 3 is 2.24 bits per heavy atom. The lowest BCUT2D eigenvalue weighted by Crippen LogP contribution is -2.43. The zero-order valence-electron chi connectivity index (χ0n) is 15.9. The van der Waals surface area contributed by atoms with Crippen molar-refractivity contribution in [3.8, 4) is 0 Å². The standard InChI is InChI=1S/C21H19Cl2F3N2O/c1-13(29)28(2)11-14-3-5-15(6-4-14)19-10-20(12-27-19,21(24,25)26)16-7-17(22)9-18(23)8-16/h3-9H,10-12H2,1-2H3. The lowest BCUT2D eigenvalue weighted by Gasteiger charge is -2.31. The Morgan fingerprint density at radius 1 is 1.14 bits per heavy atom. The van der Waals surface area contributed by atoms with Crippen LogP contribution >= 0.6 is 23.2 Å². The van der Waals surface area contributed by atoms with Gasteiger partial charge < -0.3 is 4.90 Å². The third kappa shape index (κ3) is 4.43. The molecule has 1 unspecified atom stereocenters. The number of hydrogen-bond donors (Lipinski definition) is 0. The van der Waals surface area contributed by atoms with E-state index in [4.69, 9.17) is 23.2 Å². The Morgan fingerprint density at radius 2 is 1.72 bits per heavy atom. The number of halogens is 5. The van der Waals surface area contributed by atoms with Crippen molar-refractivity contribution in [3.63, 3.8) is 0 Å². The zero-order chi connectivity index (χ0) is 21.4. The summed E-state index contributed by atoms with van der Waals surface area (Å²) in [5, 5.41) is 0.312. The highest BCUT2D eigenvalue weighted by Gasteiger charge is 2.58. The first kappa shape index (κ1) is 21.7. The molecule has 8 heteroatoms. The molecule has 154 valence electrons. The number of carbonyl (C=O) groups excluding carboxylic acids is 1. The minimum absolute atomic E-state index is 0.0148. The average Bonchev–Trinajstić information content (AvgIpc) is 3.08. The van der Waals surface area contributed by atoms with Crippen LogP contribution < -0.4 is 0 Å². The van der Waals surface area contributed by atoms with Gasteiger partial charge in [0.25, 0.3) is 0 Å². The molecule has 0 aliphatic carbocycles. The van der Waals surface area contributed by atoms with Crippen molar-refractivity contribution in [1.29, 1.82) is 0 Å². The minimum atomic E-state index is -4.52. The highest BCUT2D eigenvalue weighted by Crippen LogP contribution is 2.48. The first-order chi connectivity index (χ1) is 13.5. The summed E-state index contributed by atoms with van der Waals surface area (Å²) in [5.74, 6) is -0.0654. The normalized spacial score (nSPS) is 19.2. The fraction of sp³-hybridized carbons (Fsp3) is 0.333. The van der Waals surface area contributed by atoms with Crippen LogP contribution in [0, 0.1) is 0 Å². The van der Waals surface area contributed by atoms with E-state index >= 15 is 0 Å². The zero-order valence-corrected chi connectivity index (χ0v) is 17.4. The molecule has 3 nitrogen and oxygen atoms in total. The van der Waals surface area contributed by atoms with E-state index in [2.05, 4.69) is 4.99 Å². The molecule has 0 radical (unpaired) electrons. The van der Waals surface area contributed by atoms with Gasteiger partial charge in [-0.05, 0) is 34.9 Å². The summed E-state index contributed by atoms with van der Waals surface area (Å²) in [5.41, 5.74) is -0.261. The summed E-state index contributed by atoms with van der Waals surface area (Å²) in [6.45, 7) is 1.48. The molecule has 1 atom stereocenters. The predicted octanol–water partition coefficient (Wildman–Crippen LogP) is 5.66. The van der Waals surface area contributed by atoms with E-state index in [1.165, 1.54) is 25.1 Å². The number of nitrogens with zero attached hydrogens (tertiary/aromatic N) is 2.